The van der Waals surface area contributed by atoms with Crippen molar-refractivity contribution in [2.24, 2.45) is 4.99 Å². The molecule has 6 heteroatoms. The fraction of sp³-hybridized carbons (Fsp3) is 0.600. The largest absolute Gasteiger partial charge is 0.356 e. The second-order valence-corrected chi connectivity index (χ2v) is 7.44. The van der Waals surface area contributed by atoms with Gasteiger partial charge in [-0.3, -0.25) is 9.79 Å². The van der Waals surface area contributed by atoms with Crippen LogP contribution in [0.4, 0.5) is 4.39 Å². The highest BCUT2D eigenvalue weighted by atomic mass is 19.1. The van der Waals surface area contributed by atoms with E-state index in [9.17, 15) is 9.18 Å². The van der Waals surface area contributed by atoms with E-state index >= 15 is 0 Å². The molecule has 3 rings (SSSR count). The van der Waals surface area contributed by atoms with Gasteiger partial charge in [0.25, 0.3) is 0 Å². The van der Waals surface area contributed by atoms with Crippen LogP contribution in [0.3, 0.4) is 0 Å². The number of guanidine groups is 1. The third-order valence-electron chi connectivity index (χ3n) is 5.47. The van der Waals surface area contributed by atoms with Crippen LogP contribution in [0.5, 0.6) is 0 Å². The minimum atomic E-state index is -0.190. The number of nitrogens with one attached hydrogen (secondary N) is 3. The predicted octanol–water partition coefficient (Wildman–Crippen LogP) is 2.47. The molecule has 0 spiro atoms. The Bertz CT molecular complexity index is 651. The van der Waals surface area contributed by atoms with Crippen molar-refractivity contribution in [1.82, 2.24) is 16.0 Å². The standard InChI is InChI=1S/C20H29FN4O/c1-22-19(23-12-9-18(26)25-17-7-2-3-8-17)24-14-20(10-11-20)15-5-4-6-16(21)13-15/h4-6,13,17H,2-3,7-12,14H2,1H3,(H,25,26)(H2,22,23,24). The summed E-state index contributed by atoms with van der Waals surface area (Å²) in [6.45, 7) is 1.26. The van der Waals surface area contributed by atoms with Crippen LogP contribution in [0.2, 0.25) is 0 Å². The van der Waals surface area contributed by atoms with Gasteiger partial charge >= 0.3 is 0 Å². The molecule has 142 valence electrons. The van der Waals surface area contributed by atoms with E-state index in [4.69, 9.17) is 0 Å². The number of amides is 1. The van der Waals surface area contributed by atoms with Gasteiger partial charge in [-0.1, -0.05) is 25.0 Å². The lowest BCUT2D eigenvalue weighted by Crippen LogP contribution is -2.43. The summed E-state index contributed by atoms with van der Waals surface area (Å²) in [5.74, 6) is 0.587. The summed E-state index contributed by atoms with van der Waals surface area (Å²) >= 11 is 0. The maximum Gasteiger partial charge on any atom is 0.221 e. The first-order valence-electron chi connectivity index (χ1n) is 9.61. The lowest BCUT2D eigenvalue weighted by Gasteiger charge is -2.19. The Hall–Kier alpha value is -2.11. The summed E-state index contributed by atoms with van der Waals surface area (Å²) in [7, 11) is 1.72. The molecule has 0 aliphatic heterocycles. The van der Waals surface area contributed by atoms with Crippen molar-refractivity contribution in [2.75, 3.05) is 20.1 Å². The monoisotopic (exact) mass is 360 g/mol. The maximum atomic E-state index is 13.5. The van der Waals surface area contributed by atoms with Crippen molar-refractivity contribution in [1.29, 1.82) is 0 Å². The Balaban J connectivity index is 1.40. The first kappa shape index (κ1) is 18.7. The zero-order chi connectivity index (χ0) is 18.4. The summed E-state index contributed by atoms with van der Waals surface area (Å²) in [6, 6.07) is 7.21. The Morgan fingerprint density at radius 2 is 2.04 bits per heavy atom. The van der Waals surface area contributed by atoms with Crippen molar-refractivity contribution in [3.05, 3.63) is 35.6 Å². The van der Waals surface area contributed by atoms with Crippen molar-refractivity contribution >= 4 is 11.9 Å². The summed E-state index contributed by atoms with van der Waals surface area (Å²) < 4.78 is 13.5. The second-order valence-electron chi connectivity index (χ2n) is 7.44. The van der Waals surface area contributed by atoms with E-state index in [2.05, 4.69) is 20.9 Å². The fourth-order valence-electron chi connectivity index (χ4n) is 3.67. The SMILES string of the molecule is CN=C(NCCC(=O)NC1CCCC1)NCC1(c2cccc(F)c2)CC1. The third kappa shape index (κ3) is 4.96. The molecular formula is C20H29FN4O. The molecule has 1 amide bonds. The van der Waals surface area contributed by atoms with Crippen molar-refractivity contribution < 1.29 is 9.18 Å². The number of carbonyl (C=O) groups is 1. The number of benzene rings is 1. The fourth-order valence-corrected chi connectivity index (χ4v) is 3.67. The molecule has 26 heavy (non-hydrogen) atoms. The summed E-state index contributed by atoms with van der Waals surface area (Å²) in [5, 5.41) is 9.60. The molecule has 5 nitrogen and oxygen atoms in total. The highest BCUT2D eigenvalue weighted by molar-refractivity contribution is 5.81. The van der Waals surface area contributed by atoms with Gasteiger partial charge < -0.3 is 16.0 Å². The Kier molecular flexibility index (Phi) is 6.12. The number of hydrogen-bond donors (Lipinski definition) is 3. The van der Waals surface area contributed by atoms with Crippen LogP contribution in [0, 0.1) is 5.82 Å². The van der Waals surface area contributed by atoms with Crippen LogP contribution in [0.1, 0.15) is 50.5 Å². The smallest absolute Gasteiger partial charge is 0.221 e. The topological polar surface area (TPSA) is 65.5 Å². The van der Waals surface area contributed by atoms with Crippen LogP contribution < -0.4 is 16.0 Å². The number of hydrogen-bond acceptors (Lipinski definition) is 2. The lowest BCUT2D eigenvalue weighted by molar-refractivity contribution is -0.121. The minimum absolute atomic E-state index is 0.000428. The molecule has 0 aromatic heterocycles. The molecule has 2 aliphatic rings. The van der Waals surface area contributed by atoms with Crippen LogP contribution in [0.15, 0.2) is 29.3 Å². The maximum absolute atomic E-state index is 13.5. The van der Waals surface area contributed by atoms with E-state index in [0.29, 0.717) is 31.5 Å². The van der Waals surface area contributed by atoms with Gasteiger partial charge in [-0.05, 0) is 43.4 Å². The van der Waals surface area contributed by atoms with Crippen LogP contribution >= 0.6 is 0 Å². The van der Waals surface area contributed by atoms with Crippen molar-refractivity contribution in [3.63, 3.8) is 0 Å². The van der Waals surface area contributed by atoms with E-state index in [-0.39, 0.29) is 17.1 Å². The molecular weight excluding hydrogens is 331 g/mol. The van der Waals surface area contributed by atoms with Gasteiger partial charge in [0.2, 0.25) is 5.91 Å². The molecule has 1 aromatic carbocycles. The van der Waals surface area contributed by atoms with E-state index in [1.807, 2.05) is 6.07 Å². The number of halogens is 1. The zero-order valence-electron chi connectivity index (χ0n) is 15.5. The van der Waals surface area contributed by atoms with E-state index in [0.717, 1.165) is 31.2 Å². The lowest BCUT2D eigenvalue weighted by atomic mass is 9.96. The normalized spacial score (nSPS) is 19.2. The average molecular weight is 360 g/mol. The Morgan fingerprint density at radius 1 is 1.27 bits per heavy atom. The van der Waals surface area contributed by atoms with E-state index in [1.165, 1.54) is 18.9 Å². The molecule has 3 N–H and O–H groups in total. The van der Waals surface area contributed by atoms with Crippen LogP contribution in [0.25, 0.3) is 0 Å². The highest BCUT2D eigenvalue weighted by Gasteiger charge is 2.44. The minimum Gasteiger partial charge on any atom is -0.356 e. The van der Waals surface area contributed by atoms with Crippen LogP contribution in [-0.4, -0.2) is 38.0 Å². The van der Waals surface area contributed by atoms with Gasteiger partial charge in [-0.2, -0.15) is 0 Å². The van der Waals surface area contributed by atoms with Crippen LogP contribution in [-0.2, 0) is 10.2 Å². The van der Waals surface area contributed by atoms with Gasteiger partial charge in [0, 0.05) is 38.0 Å². The number of nitrogens with zero attached hydrogens (tertiary/aromatic N) is 1. The Morgan fingerprint density at radius 3 is 2.69 bits per heavy atom. The van der Waals surface area contributed by atoms with E-state index < -0.39 is 0 Å². The molecule has 2 saturated carbocycles. The molecule has 0 unspecified atom stereocenters. The van der Waals surface area contributed by atoms with Gasteiger partial charge in [-0.25, -0.2) is 4.39 Å². The molecule has 2 fully saturated rings. The van der Waals surface area contributed by atoms with E-state index in [1.54, 1.807) is 19.2 Å². The van der Waals surface area contributed by atoms with Gasteiger partial charge in [0.1, 0.15) is 5.82 Å². The predicted molar refractivity (Wildman–Crippen MR) is 102 cm³/mol. The van der Waals surface area contributed by atoms with Gasteiger partial charge in [0.05, 0.1) is 0 Å². The van der Waals surface area contributed by atoms with Gasteiger partial charge in [0.15, 0.2) is 5.96 Å². The summed E-state index contributed by atoms with van der Waals surface area (Å²) in [4.78, 5) is 16.2. The second kappa shape index (κ2) is 8.52. The highest BCUT2D eigenvalue weighted by Crippen LogP contribution is 2.47. The molecule has 0 heterocycles. The molecule has 2 aliphatic carbocycles. The first-order chi connectivity index (χ1) is 12.6. The quantitative estimate of drug-likeness (QED) is 0.517. The van der Waals surface area contributed by atoms with Gasteiger partial charge in [-0.15, -0.1) is 0 Å². The third-order valence-corrected chi connectivity index (χ3v) is 5.47. The number of rotatable bonds is 7. The van der Waals surface area contributed by atoms with Crippen molar-refractivity contribution in [3.8, 4) is 0 Å². The summed E-state index contributed by atoms with van der Waals surface area (Å²) in [5.41, 5.74) is 1.04. The average Bonchev–Trinajstić information content (AvgIpc) is 3.26. The number of aliphatic imine (C=N–C) groups is 1. The summed E-state index contributed by atoms with van der Waals surface area (Å²) in [6.07, 6.45) is 7.16. The molecule has 0 atom stereocenters. The molecule has 1 aromatic rings. The number of carbonyl (C=O) groups excluding carboxylic acids is 1. The molecule has 0 bridgehead atoms. The van der Waals surface area contributed by atoms with Crippen molar-refractivity contribution in [2.45, 2.75) is 56.4 Å². The first-order valence-corrected chi connectivity index (χ1v) is 9.61. The Labute approximate surface area is 154 Å². The molecule has 0 saturated heterocycles. The molecule has 0 radical (unpaired) electrons. The zero-order valence-corrected chi connectivity index (χ0v) is 15.5.